The van der Waals surface area contributed by atoms with Crippen LogP contribution in [0.15, 0.2) is 315 Å². The Morgan fingerprint density at radius 2 is 0.660 bits per heavy atom. The van der Waals surface area contributed by atoms with Crippen LogP contribution in [0, 0.1) is 13.8 Å². The molecule has 0 bridgehead atoms. The summed E-state index contributed by atoms with van der Waals surface area (Å²) in [7, 11) is 0. The molecule has 94 heavy (non-hydrogen) atoms. The molecule has 0 saturated carbocycles. The molecule has 2 heteroatoms. The zero-order valence-corrected chi connectivity index (χ0v) is 52.7. The van der Waals surface area contributed by atoms with E-state index in [1.54, 1.807) is 0 Å². The van der Waals surface area contributed by atoms with Gasteiger partial charge in [0.05, 0.1) is 21.9 Å². The summed E-state index contributed by atoms with van der Waals surface area (Å²) in [5, 5.41) is 2.49. The Morgan fingerprint density at radius 1 is 0.266 bits per heavy atom. The number of hydrogen-bond donors (Lipinski definition) is 0. The van der Waals surface area contributed by atoms with E-state index in [0.717, 1.165) is 35.6 Å². The minimum Gasteiger partial charge on any atom is -0.310 e. The molecule has 444 valence electrons. The lowest BCUT2D eigenvalue weighted by Gasteiger charge is -2.37. The molecule has 0 atom stereocenters. The van der Waals surface area contributed by atoms with Crippen LogP contribution in [0.1, 0.15) is 77.9 Å². The Hall–Kier alpha value is -11.3. The highest BCUT2D eigenvalue weighted by molar-refractivity contribution is 6.11. The van der Waals surface area contributed by atoms with Gasteiger partial charge in [0.15, 0.2) is 0 Å². The van der Waals surface area contributed by atoms with E-state index in [1.165, 1.54) is 168 Å². The van der Waals surface area contributed by atoms with Gasteiger partial charge in [0.1, 0.15) is 0 Å². The van der Waals surface area contributed by atoms with Crippen molar-refractivity contribution in [3.8, 4) is 61.3 Å². The Bertz CT molecular complexity index is 5360. The zero-order valence-electron chi connectivity index (χ0n) is 52.7. The predicted octanol–water partition coefficient (Wildman–Crippen LogP) is 22.8. The van der Waals surface area contributed by atoms with Crippen LogP contribution in [0.2, 0.25) is 0 Å². The smallest absolute Gasteiger partial charge is 0.0715 e. The number of fused-ring (bicyclic) bond motifs is 11. The maximum absolute atomic E-state index is 2.56. The molecule has 0 aliphatic heterocycles. The van der Waals surface area contributed by atoms with E-state index in [-0.39, 0.29) is 0 Å². The first-order valence-electron chi connectivity index (χ1n) is 33.4. The van der Waals surface area contributed by atoms with E-state index >= 15 is 0 Å². The number of hydrogen-bond acceptors (Lipinski definition) is 1. The molecule has 0 spiro atoms. The van der Waals surface area contributed by atoms with Crippen LogP contribution in [0.25, 0.3) is 83.1 Å². The van der Waals surface area contributed by atoms with Gasteiger partial charge < -0.3 is 9.47 Å². The largest absolute Gasteiger partial charge is 0.310 e. The maximum Gasteiger partial charge on any atom is 0.0715 e. The number of rotatable bonds is 11. The summed E-state index contributed by atoms with van der Waals surface area (Å²) in [6.07, 6.45) is 4.61. The van der Waals surface area contributed by atoms with Crippen molar-refractivity contribution in [3.63, 3.8) is 0 Å². The minimum atomic E-state index is -0.690. The van der Waals surface area contributed by atoms with Crippen molar-refractivity contribution in [2.45, 2.75) is 50.4 Å². The molecule has 14 aromatic carbocycles. The molecule has 2 nitrogen and oxygen atoms in total. The molecule has 4 aliphatic rings. The van der Waals surface area contributed by atoms with Crippen LogP contribution < -0.4 is 4.90 Å². The molecule has 1 heterocycles. The second-order valence-electron chi connectivity index (χ2n) is 26.7. The lowest BCUT2D eigenvalue weighted by atomic mass is 9.65. The average molecular weight is 1200 g/mol. The highest BCUT2D eigenvalue weighted by Gasteiger charge is 2.49. The van der Waals surface area contributed by atoms with Gasteiger partial charge in [0, 0.05) is 33.5 Å². The highest BCUT2D eigenvalue weighted by Crippen LogP contribution is 2.60. The van der Waals surface area contributed by atoms with Crippen LogP contribution in [-0.2, 0) is 36.5 Å². The fraction of sp³-hybridized carbons (Fsp3) is 0.0870. The second kappa shape index (κ2) is 21.1. The Kier molecular flexibility index (Phi) is 12.2. The highest BCUT2D eigenvalue weighted by atomic mass is 15.1. The van der Waals surface area contributed by atoms with Crippen LogP contribution >= 0.6 is 0 Å². The van der Waals surface area contributed by atoms with Crippen LogP contribution in [0.3, 0.4) is 0 Å². The van der Waals surface area contributed by atoms with Gasteiger partial charge >= 0.3 is 0 Å². The van der Waals surface area contributed by atoms with Crippen molar-refractivity contribution < 1.29 is 0 Å². The summed E-state index contributed by atoms with van der Waals surface area (Å²) in [5.41, 5.74) is 36.9. The van der Waals surface area contributed by atoms with Gasteiger partial charge in [-0.2, -0.15) is 0 Å². The average Bonchev–Trinajstić information content (AvgIpc) is 1.50. The summed E-state index contributed by atoms with van der Waals surface area (Å²) >= 11 is 0. The van der Waals surface area contributed by atoms with Gasteiger partial charge in [-0.15, -0.1) is 0 Å². The first kappa shape index (κ1) is 54.4. The Labute approximate surface area is 550 Å². The van der Waals surface area contributed by atoms with Crippen molar-refractivity contribution in [2.24, 2.45) is 0 Å². The first-order chi connectivity index (χ1) is 46.4. The predicted molar refractivity (Wildman–Crippen MR) is 391 cm³/mol. The summed E-state index contributed by atoms with van der Waals surface area (Å²) in [6, 6.07) is 120. The molecular formula is C92H66N2. The molecule has 0 saturated heterocycles. The van der Waals surface area contributed by atoms with Crippen molar-refractivity contribution >= 4 is 38.9 Å². The first-order valence-corrected chi connectivity index (χ1v) is 33.4. The number of aryl methyl sites for hydroxylation is 6. The quantitative estimate of drug-likeness (QED) is 0.125. The van der Waals surface area contributed by atoms with Crippen molar-refractivity contribution in [2.75, 3.05) is 4.90 Å². The third-order valence-electron chi connectivity index (χ3n) is 21.7. The molecule has 0 amide bonds. The number of benzene rings is 14. The number of anilines is 3. The molecule has 0 fully saturated rings. The van der Waals surface area contributed by atoms with E-state index in [0.29, 0.717) is 0 Å². The van der Waals surface area contributed by atoms with E-state index in [9.17, 15) is 0 Å². The summed E-state index contributed by atoms with van der Waals surface area (Å²) in [6.45, 7) is 4.49. The van der Waals surface area contributed by atoms with Crippen LogP contribution in [-0.4, -0.2) is 4.57 Å². The topological polar surface area (TPSA) is 8.17 Å². The lowest BCUT2D eigenvalue weighted by Crippen LogP contribution is -2.30. The van der Waals surface area contributed by atoms with Crippen molar-refractivity contribution in [1.29, 1.82) is 0 Å². The van der Waals surface area contributed by atoms with Crippen molar-refractivity contribution in [3.05, 3.63) is 393 Å². The summed E-state index contributed by atoms with van der Waals surface area (Å²) in [5.74, 6) is 0. The Balaban J connectivity index is 0.780. The van der Waals surface area contributed by atoms with E-state index in [2.05, 4.69) is 339 Å². The standard InChI is InChI=1S/C92H66N2/c1-59-24-49-89-83(51-59)84-55-69(70-35-46-80-79-45-23-60(2)52-85(79)92(86(80)56-70,73-37-29-65-25-27-67(65)53-73)74-38-30-66-26-28-68(66)54-74)36-50-90(84)94(89)78-44-48-82-81-47-43-77(57-87(81)91(88(82)58-78,71-19-11-5-12-20-71)72-21-13-6-14-22-72)93(75-39-31-63(32-40-75)61-15-7-3-8-16-61)76-41-33-64(34-42-76)62-17-9-4-10-18-62/h3-24,29-58H,25-28H2,1-2H3. The third kappa shape index (κ3) is 8.15. The number of aromatic nitrogens is 1. The van der Waals surface area contributed by atoms with Gasteiger partial charge in [-0.25, -0.2) is 0 Å². The maximum atomic E-state index is 2.56. The van der Waals surface area contributed by atoms with Crippen molar-refractivity contribution in [1.82, 2.24) is 4.57 Å². The van der Waals surface area contributed by atoms with Gasteiger partial charge in [-0.05, 0) is 241 Å². The lowest BCUT2D eigenvalue weighted by molar-refractivity contribution is 0.739. The van der Waals surface area contributed by atoms with Gasteiger partial charge in [0.25, 0.3) is 0 Å². The van der Waals surface area contributed by atoms with E-state index < -0.39 is 10.8 Å². The molecule has 0 unspecified atom stereocenters. The molecule has 4 aliphatic carbocycles. The number of nitrogens with zero attached hydrogens (tertiary/aromatic N) is 2. The van der Waals surface area contributed by atoms with Crippen LogP contribution in [0.4, 0.5) is 17.1 Å². The van der Waals surface area contributed by atoms with Gasteiger partial charge in [-0.3, -0.25) is 0 Å². The summed E-state index contributed by atoms with van der Waals surface area (Å²) in [4.78, 5) is 2.44. The fourth-order valence-electron chi connectivity index (χ4n) is 16.9. The SMILES string of the molecule is Cc1ccc2c(c1)C(c1ccc3c(c1)CC3)(c1ccc3c(c1)CC3)c1cc(-c3ccc4c(c3)c3cc(C)ccc3n4-c3ccc4c(c3)C(c3ccccc3)(c3ccccc3)c3cc(N(c5ccc(-c6ccccc6)cc5)c5ccc(-c6ccccc6)cc5)ccc3-4)ccc1-2. The van der Waals surface area contributed by atoms with Gasteiger partial charge in [-0.1, -0.05) is 248 Å². The third-order valence-corrected chi connectivity index (χ3v) is 21.7. The molecule has 1 aromatic heterocycles. The summed E-state index contributed by atoms with van der Waals surface area (Å²) < 4.78 is 2.53. The monoisotopic (exact) mass is 1200 g/mol. The van der Waals surface area contributed by atoms with Crippen LogP contribution in [0.5, 0.6) is 0 Å². The van der Waals surface area contributed by atoms with E-state index in [1.807, 2.05) is 0 Å². The normalized spacial score (nSPS) is 14.1. The molecule has 0 radical (unpaired) electrons. The molecular weight excluding hydrogens is 1130 g/mol. The van der Waals surface area contributed by atoms with Gasteiger partial charge in [0.2, 0.25) is 0 Å². The van der Waals surface area contributed by atoms with E-state index in [4.69, 9.17) is 0 Å². The second-order valence-corrected chi connectivity index (χ2v) is 26.7. The Morgan fingerprint density at radius 3 is 1.21 bits per heavy atom. The molecule has 0 N–H and O–H groups in total. The molecule has 15 aromatic rings. The minimum absolute atomic E-state index is 0.466. The fourth-order valence-corrected chi connectivity index (χ4v) is 16.9. The zero-order chi connectivity index (χ0) is 62.2. The molecule has 19 rings (SSSR count).